The molecule has 0 saturated carbocycles. The summed E-state index contributed by atoms with van der Waals surface area (Å²) in [6, 6.07) is 8.06. The van der Waals surface area contributed by atoms with Crippen molar-refractivity contribution in [3.8, 4) is 11.3 Å². The molecule has 4 heterocycles. The molecule has 0 N–H and O–H groups in total. The fourth-order valence-corrected chi connectivity index (χ4v) is 3.50. The van der Waals surface area contributed by atoms with Crippen molar-refractivity contribution in [1.82, 2.24) is 24.9 Å². The van der Waals surface area contributed by atoms with Crippen LogP contribution in [-0.4, -0.2) is 38.0 Å². The summed E-state index contributed by atoms with van der Waals surface area (Å²) in [5.74, 6) is 2.99. The lowest BCUT2D eigenvalue weighted by atomic mass is 9.94. The Morgan fingerprint density at radius 1 is 1.04 bits per heavy atom. The van der Waals surface area contributed by atoms with Gasteiger partial charge in [-0.15, -0.1) is 0 Å². The first kappa shape index (κ1) is 16.6. The summed E-state index contributed by atoms with van der Waals surface area (Å²) in [4.78, 5) is 24.7. The van der Waals surface area contributed by atoms with Crippen LogP contribution in [0.1, 0.15) is 36.1 Å². The zero-order chi connectivity index (χ0) is 17.9. The number of rotatable bonds is 3. The molecule has 0 amide bonds. The van der Waals surface area contributed by atoms with Gasteiger partial charge in [-0.05, 0) is 44.9 Å². The van der Waals surface area contributed by atoms with E-state index < -0.39 is 0 Å². The van der Waals surface area contributed by atoms with Crippen molar-refractivity contribution in [2.75, 3.05) is 18.0 Å². The first-order valence-electron chi connectivity index (χ1n) is 8.99. The second kappa shape index (κ2) is 7.15. The highest BCUT2D eigenvalue weighted by Crippen LogP contribution is 2.29. The molecule has 26 heavy (non-hydrogen) atoms. The molecule has 1 aliphatic rings. The molecule has 3 aromatic heterocycles. The molecule has 3 aromatic rings. The van der Waals surface area contributed by atoms with E-state index in [9.17, 15) is 0 Å². The van der Waals surface area contributed by atoms with E-state index in [1.54, 1.807) is 6.20 Å². The summed E-state index contributed by atoms with van der Waals surface area (Å²) < 4.78 is 0. The standard InChI is InChI=1S/C20H22N6/c1-14-22-9-7-18(23-14)17-6-4-10-26(13-17)20-11-19(24-15(2)25-20)16-5-3-8-21-12-16/h3,5,7-9,11-12,17H,4,6,10,13H2,1-2H3. The van der Waals surface area contributed by atoms with Crippen LogP contribution in [0.2, 0.25) is 0 Å². The maximum atomic E-state index is 4.69. The zero-order valence-electron chi connectivity index (χ0n) is 15.1. The summed E-state index contributed by atoms with van der Waals surface area (Å²) >= 11 is 0. The highest BCUT2D eigenvalue weighted by atomic mass is 15.2. The number of aryl methyl sites for hydroxylation is 2. The maximum Gasteiger partial charge on any atom is 0.132 e. The Balaban J connectivity index is 1.62. The molecule has 1 fully saturated rings. The van der Waals surface area contributed by atoms with Crippen molar-refractivity contribution >= 4 is 5.82 Å². The van der Waals surface area contributed by atoms with Crippen molar-refractivity contribution in [1.29, 1.82) is 0 Å². The lowest BCUT2D eigenvalue weighted by Gasteiger charge is -2.33. The van der Waals surface area contributed by atoms with Gasteiger partial charge in [0.2, 0.25) is 0 Å². The number of piperidine rings is 1. The molecular formula is C20H22N6. The van der Waals surface area contributed by atoms with E-state index in [1.165, 1.54) is 0 Å². The van der Waals surface area contributed by atoms with Gasteiger partial charge in [-0.2, -0.15) is 0 Å². The molecule has 0 aliphatic carbocycles. The third-order valence-electron chi connectivity index (χ3n) is 4.74. The third-order valence-corrected chi connectivity index (χ3v) is 4.74. The van der Waals surface area contributed by atoms with Crippen LogP contribution in [0.25, 0.3) is 11.3 Å². The van der Waals surface area contributed by atoms with Gasteiger partial charge in [0.25, 0.3) is 0 Å². The summed E-state index contributed by atoms with van der Waals surface area (Å²) in [6.45, 7) is 5.81. The zero-order valence-corrected chi connectivity index (χ0v) is 15.1. The highest BCUT2D eigenvalue weighted by Gasteiger charge is 2.24. The smallest absolute Gasteiger partial charge is 0.132 e. The minimum Gasteiger partial charge on any atom is -0.356 e. The van der Waals surface area contributed by atoms with E-state index in [-0.39, 0.29) is 0 Å². The molecule has 132 valence electrons. The van der Waals surface area contributed by atoms with Gasteiger partial charge in [0.1, 0.15) is 17.5 Å². The van der Waals surface area contributed by atoms with E-state index in [0.29, 0.717) is 5.92 Å². The first-order valence-corrected chi connectivity index (χ1v) is 8.99. The van der Waals surface area contributed by atoms with Crippen molar-refractivity contribution in [2.45, 2.75) is 32.6 Å². The Hall–Kier alpha value is -2.89. The van der Waals surface area contributed by atoms with Gasteiger partial charge >= 0.3 is 0 Å². The molecule has 1 unspecified atom stereocenters. The Bertz CT molecular complexity index is 896. The average molecular weight is 346 g/mol. The predicted octanol–water partition coefficient (Wildman–Crippen LogP) is 3.33. The van der Waals surface area contributed by atoms with Crippen LogP contribution in [0, 0.1) is 13.8 Å². The van der Waals surface area contributed by atoms with Crippen molar-refractivity contribution in [3.63, 3.8) is 0 Å². The van der Waals surface area contributed by atoms with Gasteiger partial charge in [0, 0.05) is 54.9 Å². The molecule has 0 bridgehead atoms. The number of hydrogen-bond donors (Lipinski definition) is 0. The molecule has 0 radical (unpaired) electrons. The molecule has 0 spiro atoms. The SMILES string of the molecule is Cc1nccc(C2CCCN(c3cc(-c4cccnc4)nc(C)n3)C2)n1. The van der Waals surface area contributed by atoms with E-state index in [0.717, 1.165) is 60.3 Å². The van der Waals surface area contributed by atoms with Gasteiger partial charge < -0.3 is 4.90 Å². The van der Waals surface area contributed by atoms with Gasteiger partial charge in [0.15, 0.2) is 0 Å². The van der Waals surface area contributed by atoms with Crippen LogP contribution in [0.4, 0.5) is 5.82 Å². The molecule has 6 nitrogen and oxygen atoms in total. The van der Waals surface area contributed by atoms with Crippen molar-refractivity contribution in [2.24, 2.45) is 0 Å². The summed E-state index contributed by atoms with van der Waals surface area (Å²) in [5.41, 5.74) is 3.06. The summed E-state index contributed by atoms with van der Waals surface area (Å²) in [7, 11) is 0. The topological polar surface area (TPSA) is 67.7 Å². The second-order valence-corrected chi connectivity index (χ2v) is 6.71. The van der Waals surface area contributed by atoms with Gasteiger partial charge in [0.05, 0.1) is 5.69 Å². The van der Waals surface area contributed by atoms with Crippen molar-refractivity contribution < 1.29 is 0 Å². The monoisotopic (exact) mass is 346 g/mol. The fraction of sp³-hybridized carbons (Fsp3) is 0.350. The molecule has 4 rings (SSSR count). The molecular weight excluding hydrogens is 324 g/mol. The first-order chi connectivity index (χ1) is 12.7. The van der Waals surface area contributed by atoms with Gasteiger partial charge in [-0.25, -0.2) is 19.9 Å². The molecule has 0 aromatic carbocycles. The number of aromatic nitrogens is 5. The van der Waals surface area contributed by atoms with Crippen molar-refractivity contribution in [3.05, 3.63) is 60.2 Å². The van der Waals surface area contributed by atoms with E-state index in [4.69, 9.17) is 4.98 Å². The largest absolute Gasteiger partial charge is 0.356 e. The van der Waals surface area contributed by atoms with Crippen LogP contribution in [0.5, 0.6) is 0 Å². The fourth-order valence-electron chi connectivity index (χ4n) is 3.50. The van der Waals surface area contributed by atoms with Gasteiger partial charge in [-0.1, -0.05) is 0 Å². The normalized spacial score (nSPS) is 17.3. The molecule has 1 aliphatic heterocycles. The van der Waals surface area contributed by atoms with Crippen LogP contribution < -0.4 is 4.90 Å². The highest BCUT2D eigenvalue weighted by molar-refractivity contribution is 5.62. The average Bonchev–Trinajstić information content (AvgIpc) is 2.68. The number of pyridine rings is 1. The predicted molar refractivity (Wildman–Crippen MR) is 101 cm³/mol. The van der Waals surface area contributed by atoms with Crippen LogP contribution >= 0.6 is 0 Å². The van der Waals surface area contributed by atoms with Crippen LogP contribution in [0.3, 0.4) is 0 Å². The second-order valence-electron chi connectivity index (χ2n) is 6.71. The summed E-state index contributed by atoms with van der Waals surface area (Å²) in [5, 5.41) is 0. The third kappa shape index (κ3) is 3.54. The minimum absolute atomic E-state index is 0.405. The minimum atomic E-state index is 0.405. The Morgan fingerprint density at radius 3 is 2.77 bits per heavy atom. The Labute approximate surface area is 153 Å². The van der Waals surface area contributed by atoms with Crippen LogP contribution in [0.15, 0.2) is 42.9 Å². The maximum absolute atomic E-state index is 4.69. The molecule has 1 saturated heterocycles. The molecule has 1 atom stereocenters. The lowest BCUT2D eigenvalue weighted by molar-refractivity contribution is 0.496. The van der Waals surface area contributed by atoms with E-state index >= 15 is 0 Å². The van der Waals surface area contributed by atoms with Crippen LogP contribution in [-0.2, 0) is 0 Å². The van der Waals surface area contributed by atoms with E-state index in [2.05, 4.69) is 30.9 Å². The number of anilines is 1. The van der Waals surface area contributed by atoms with Gasteiger partial charge in [-0.3, -0.25) is 4.98 Å². The number of nitrogens with zero attached hydrogens (tertiary/aromatic N) is 6. The lowest BCUT2D eigenvalue weighted by Crippen LogP contribution is -2.35. The number of hydrogen-bond acceptors (Lipinski definition) is 6. The van der Waals surface area contributed by atoms with E-state index in [1.807, 2.05) is 44.4 Å². The Kier molecular flexibility index (Phi) is 4.56. The quantitative estimate of drug-likeness (QED) is 0.725. The summed E-state index contributed by atoms with van der Waals surface area (Å²) in [6.07, 6.45) is 7.74. The molecule has 6 heteroatoms. The Morgan fingerprint density at radius 2 is 1.96 bits per heavy atom.